The highest BCUT2D eigenvalue weighted by Crippen LogP contribution is 2.31. The number of anilines is 1. The Morgan fingerprint density at radius 2 is 1.79 bits per heavy atom. The fourth-order valence-electron chi connectivity index (χ4n) is 2.43. The number of carbonyl (C=O) groups is 1. The fraction of sp³-hybridized carbons (Fsp3) is 0.250. The molecule has 0 atom stereocenters. The van der Waals surface area contributed by atoms with E-state index in [1.807, 2.05) is 13.8 Å². The summed E-state index contributed by atoms with van der Waals surface area (Å²) in [7, 11) is 0. The molecule has 1 N–H and O–H groups in total. The van der Waals surface area contributed by atoms with Crippen molar-refractivity contribution in [2.24, 2.45) is 0 Å². The zero-order chi connectivity index (χ0) is 20.6. The summed E-state index contributed by atoms with van der Waals surface area (Å²) in [5.41, 5.74) is 1.20. The molecule has 0 aliphatic heterocycles. The van der Waals surface area contributed by atoms with Crippen LogP contribution in [-0.4, -0.2) is 35.1 Å². The monoisotopic (exact) mass is 417 g/mol. The second-order valence-corrected chi connectivity index (χ2v) is 6.67. The predicted octanol–water partition coefficient (Wildman–Crippen LogP) is 4.40. The molecule has 2 aromatic carbocycles. The van der Waals surface area contributed by atoms with Crippen LogP contribution in [-0.2, 0) is 4.79 Å². The van der Waals surface area contributed by atoms with Crippen LogP contribution in [0.25, 0.3) is 11.5 Å². The number of ether oxygens (including phenoxy) is 2. The highest BCUT2D eigenvalue weighted by atomic mass is 32.2. The minimum atomic E-state index is -0.346. The van der Waals surface area contributed by atoms with E-state index in [0.29, 0.717) is 36.0 Å². The van der Waals surface area contributed by atoms with Crippen LogP contribution in [0.3, 0.4) is 0 Å². The summed E-state index contributed by atoms with van der Waals surface area (Å²) in [6, 6.07) is 10.9. The van der Waals surface area contributed by atoms with Gasteiger partial charge in [-0.05, 0) is 50.2 Å². The molecular formula is C20H20FN3O4S. The van der Waals surface area contributed by atoms with Gasteiger partial charge in [0.05, 0.1) is 19.0 Å². The highest BCUT2D eigenvalue weighted by Gasteiger charge is 2.13. The summed E-state index contributed by atoms with van der Waals surface area (Å²) in [6.45, 7) is 4.78. The Labute approximate surface area is 171 Å². The van der Waals surface area contributed by atoms with Gasteiger partial charge in [0.2, 0.25) is 11.8 Å². The van der Waals surface area contributed by atoms with Crippen molar-refractivity contribution in [1.29, 1.82) is 0 Å². The van der Waals surface area contributed by atoms with Crippen LogP contribution in [0.5, 0.6) is 11.5 Å². The number of carbonyl (C=O) groups excluding carboxylic acids is 1. The maximum absolute atomic E-state index is 13.0. The van der Waals surface area contributed by atoms with Crippen molar-refractivity contribution in [2.45, 2.75) is 19.1 Å². The van der Waals surface area contributed by atoms with Gasteiger partial charge < -0.3 is 19.2 Å². The predicted molar refractivity (Wildman–Crippen MR) is 108 cm³/mol. The second-order valence-electron chi connectivity index (χ2n) is 5.74. The quantitative estimate of drug-likeness (QED) is 0.516. The van der Waals surface area contributed by atoms with E-state index in [1.165, 1.54) is 12.1 Å². The maximum Gasteiger partial charge on any atom is 0.277 e. The molecule has 1 heterocycles. The molecule has 0 aliphatic carbocycles. The summed E-state index contributed by atoms with van der Waals surface area (Å²) in [5.74, 6) is 0.967. The molecule has 0 fully saturated rings. The summed E-state index contributed by atoms with van der Waals surface area (Å²) in [5, 5.41) is 10.9. The van der Waals surface area contributed by atoms with E-state index < -0.39 is 0 Å². The van der Waals surface area contributed by atoms with Crippen LogP contribution in [0.1, 0.15) is 13.8 Å². The van der Waals surface area contributed by atoms with Gasteiger partial charge in [-0.25, -0.2) is 4.39 Å². The van der Waals surface area contributed by atoms with Crippen molar-refractivity contribution >= 4 is 23.4 Å². The Morgan fingerprint density at radius 1 is 1.07 bits per heavy atom. The van der Waals surface area contributed by atoms with Crippen LogP contribution in [0, 0.1) is 5.82 Å². The minimum Gasteiger partial charge on any atom is -0.490 e. The lowest BCUT2D eigenvalue weighted by Crippen LogP contribution is -2.14. The molecule has 0 bridgehead atoms. The average Bonchev–Trinajstić information content (AvgIpc) is 3.18. The standard InChI is InChI=1S/C20H20FN3O4S/c1-3-26-16-10-9-15(11-17(16)27-4-2)22-18(25)12-29-20-24-23-19(28-20)13-5-7-14(21)8-6-13/h5-11H,3-4,12H2,1-2H3,(H,22,25). The molecule has 0 aliphatic rings. The molecule has 7 nitrogen and oxygen atoms in total. The van der Waals surface area contributed by atoms with Gasteiger partial charge >= 0.3 is 0 Å². The molecule has 9 heteroatoms. The SMILES string of the molecule is CCOc1ccc(NC(=O)CSc2nnc(-c3ccc(F)cc3)o2)cc1OCC. The molecule has 1 amide bonds. The second kappa shape index (κ2) is 9.92. The van der Waals surface area contributed by atoms with E-state index in [4.69, 9.17) is 13.9 Å². The number of nitrogens with zero attached hydrogens (tertiary/aromatic N) is 2. The molecule has 1 aromatic heterocycles. The summed E-state index contributed by atoms with van der Waals surface area (Å²) in [4.78, 5) is 12.2. The molecule has 3 rings (SSSR count). The van der Waals surface area contributed by atoms with Crippen molar-refractivity contribution < 1.29 is 23.1 Å². The first-order valence-corrected chi connectivity index (χ1v) is 9.99. The van der Waals surface area contributed by atoms with E-state index in [0.717, 1.165) is 11.8 Å². The van der Waals surface area contributed by atoms with Crippen LogP contribution in [0.2, 0.25) is 0 Å². The molecule has 0 radical (unpaired) electrons. The first-order valence-electron chi connectivity index (χ1n) is 9.00. The highest BCUT2D eigenvalue weighted by molar-refractivity contribution is 7.99. The largest absolute Gasteiger partial charge is 0.490 e. The number of amides is 1. The van der Waals surface area contributed by atoms with E-state index in [9.17, 15) is 9.18 Å². The Balaban J connectivity index is 1.57. The number of benzene rings is 2. The van der Waals surface area contributed by atoms with Crippen LogP contribution >= 0.6 is 11.8 Å². The normalized spacial score (nSPS) is 10.6. The van der Waals surface area contributed by atoms with E-state index in [1.54, 1.807) is 30.3 Å². The smallest absolute Gasteiger partial charge is 0.277 e. The number of hydrogen-bond acceptors (Lipinski definition) is 7. The number of thioether (sulfide) groups is 1. The van der Waals surface area contributed by atoms with Crippen molar-refractivity contribution in [3.63, 3.8) is 0 Å². The molecule has 152 valence electrons. The van der Waals surface area contributed by atoms with Crippen molar-refractivity contribution in [1.82, 2.24) is 10.2 Å². The van der Waals surface area contributed by atoms with Crippen LogP contribution < -0.4 is 14.8 Å². The average molecular weight is 417 g/mol. The molecule has 0 spiro atoms. The van der Waals surface area contributed by atoms with Crippen LogP contribution in [0.4, 0.5) is 10.1 Å². The Morgan fingerprint density at radius 3 is 2.52 bits per heavy atom. The lowest BCUT2D eigenvalue weighted by atomic mass is 10.2. The third-order valence-corrected chi connectivity index (χ3v) is 4.47. The Kier molecular flexibility index (Phi) is 7.07. The van der Waals surface area contributed by atoms with Gasteiger partial charge in [0, 0.05) is 17.3 Å². The molecule has 0 unspecified atom stereocenters. The van der Waals surface area contributed by atoms with Gasteiger partial charge in [0.15, 0.2) is 11.5 Å². The van der Waals surface area contributed by atoms with Gasteiger partial charge in [-0.3, -0.25) is 4.79 Å². The van der Waals surface area contributed by atoms with E-state index >= 15 is 0 Å². The fourth-order valence-corrected chi connectivity index (χ4v) is 2.99. The van der Waals surface area contributed by atoms with Gasteiger partial charge in [-0.1, -0.05) is 11.8 Å². The Hall–Kier alpha value is -3.07. The number of aromatic nitrogens is 2. The summed E-state index contributed by atoms with van der Waals surface area (Å²) < 4.78 is 29.6. The minimum absolute atomic E-state index is 0.0855. The van der Waals surface area contributed by atoms with Gasteiger partial charge in [-0.15, -0.1) is 10.2 Å². The van der Waals surface area contributed by atoms with E-state index in [-0.39, 0.29) is 28.6 Å². The third-order valence-electron chi connectivity index (χ3n) is 3.65. The van der Waals surface area contributed by atoms with Crippen LogP contribution in [0.15, 0.2) is 52.1 Å². The van der Waals surface area contributed by atoms with Gasteiger partial charge in [0.1, 0.15) is 5.82 Å². The Bertz CT molecular complexity index is 963. The summed E-state index contributed by atoms with van der Waals surface area (Å²) >= 11 is 1.11. The first kappa shape index (κ1) is 20.7. The molecule has 0 saturated heterocycles. The van der Waals surface area contributed by atoms with Gasteiger partial charge in [-0.2, -0.15) is 0 Å². The topological polar surface area (TPSA) is 86.5 Å². The number of hydrogen-bond donors (Lipinski definition) is 1. The number of nitrogens with one attached hydrogen (secondary N) is 1. The summed E-state index contributed by atoms with van der Waals surface area (Å²) in [6.07, 6.45) is 0. The molecular weight excluding hydrogens is 397 g/mol. The first-order chi connectivity index (χ1) is 14.1. The zero-order valence-corrected chi connectivity index (χ0v) is 16.8. The maximum atomic E-state index is 13.0. The van der Waals surface area contributed by atoms with Crippen molar-refractivity contribution in [3.8, 4) is 23.0 Å². The van der Waals surface area contributed by atoms with Crippen molar-refractivity contribution in [3.05, 3.63) is 48.3 Å². The molecule has 29 heavy (non-hydrogen) atoms. The number of rotatable bonds is 9. The lowest BCUT2D eigenvalue weighted by molar-refractivity contribution is -0.113. The molecule has 0 saturated carbocycles. The van der Waals surface area contributed by atoms with Crippen molar-refractivity contribution in [2.75, 3.05) is 24.3 Å². The van der Waals surface area contributed by atoms with E-state index in [2.05, 4.69) is 15.5 Å². The lowest BCUT2D eigenvalue weighted by Gasteiger charge is -2.12. The van der Waals surface area contributed by atoms with Gasteiger partial charge in [0.25, 0.3) is 5.22 Å². The molecule has 3 aromatic rings. The third kappa shape index (κ3) is 5.71. The number of halogens is 1. The zero-order valence-electron chi connectivity index (χ0n) is 16.0.